The molecule has 0 saturated heterocycles. The number of amides is 1. The minimum Gasteiger partial charge on any atom is -0.392 e. The van der Waals surface area contributed by atoms with Crippen LogP contribution in [0.4, 0.5) is 0 Å². The Hall–Kier alpha value is -0.680. The van der Waals surface area contributed by atoms with Gasteiger partial charge in [0, 0.05) is 12.6 Å². The fourth-order valence-corrected chi connectivity index (χ4v) is 2.62. The van der Waals surface area contributed by atoms with Crippen LogP contribution in [-0.2, 0) is 4.79 Å². The molecule has 1 unspecified atom stereocenters. The fraction of sp³-hybridized carbons (Fsp3) is 0.846. The zero-order valence-electron chi connectivity index (χ0n) is 11.4. The van der Waals surface area contributed by atoms with Crippen LogP contribution < -0.4 is 11.1 Å². The van der Waals surface area contributed by atoms with Crippen molar-refractivity contribution in [2.75, 3.05) is 13.1 Å². The van der Waals surface area contributed by atoms with E-state index in [1.165, 1.54) is 12.8 Å². The maximum atomic E-state index is 12.2. The Bertz CT molecular complexity index is 290. The van der Waals surface area contributed by atoms with Crippen molar-refractivity contribution in [1.82, 2.24) is 10.2 Å². The van der Waals surface area contributed by atoms with E-state index in [1.54, 1.807) is 0 Å². The Labute approximate surface area is 115 Å². The van der Waals surface area contributed by atoms with Gasteiger partial charge in [-0.25, -0.2) is 0 Å². The first-order valence-electron chi connectivity index (χ1n) is 6.87. The second-order valence-electron chi connectivity index (χ2n) is 5.10. The molecule has 104 valence electrons. The molecule has 3 N–H and O–H groups in total. The summed E-state index contributed by atoms with van der Waals surface area (Å²) in [6.45, 7) is 5.38. The molecule has 0 spiro atoms. The number of nitrogens with one attached hydrogen (secondary N) is 1. The Morgan fingerprint density at radius 2 is 2.11 bits per heavy atom. The number of hydrogen-bond donors (Lipinski definition) is 2. The van der Waals surface area contributed by atoms with Crippen molar-refractivity contribution in [2.45, 2.75) is 58.0 Å². The molecule has 4 nitrogen and oxygen atoms in total. The summed E-state index contributed by atoms with van der Waals surface area (Å²) in [4.78, 5) is 14.7. The zero-order valence-corrected chi connectivity index (χ0v) is 12.3. The minimum absolute atomic E-state index is 0.103. The summed E-state index contributed by atoms with van der Waals surface area (Å²) in [5.74, 6) is 0.103. The molecule has 0 aromatic carbocycles. The standard InChI is InChI=1S/C13H25N3OS/c1-3-8-16(9-12(14)18)10(2)13(17)15-11-6-4-5-7-11/h10-11H,3-9H2,1-2H3,(H2,14,18)(H,15,17). The average Bonchev–Trinajstić information content (AvgIpc) is 2.79. The largest absolute Gasteiger partial charge is 0.392 e. The third kappa shape index (κ3) is 4.90. The summed E-state index contributed by atoms with van der Waals surface area (Å²) in [6.07, 6.45) is 5.67. The van der Waals surface area contributed by atoms with Gasteiger partial charge in [-0.15, -0.1) is 0 Å². The maximum Gasteiger partial charge on any atom is 0.237 e. The van der Waals surface area contributed by atoms with E-state index in [0.29, 0.717) is 17.6 Å². The van der Waals surface area contributed by atoms with Crippen LogP contribution in [0, 0.1) is 0 Å². The predicted molar refractivity (Wildman–Crippen MR) is 78.5 cm³/mol. The molecule has 1 atom stereocenters. The van der Waals surface area contributed by atoms with Crippen LogP contribution in [-0.4, -0.2) is 41.0 Å². The van der Waals surface area contributed by atoms with E-state index in [4.69, 9.17) is 18.0 Å². The molecule has 0 radical (unpaired) electrons. The first-order valence-corrected chi connectivity index (χ1v) is 7.28. The third-order valence-electron chi connectivity index (χ3n) is 3.50. The van der Waals surface area contributed by atoms with Crippen molar-refractivity contribution in [1.29, 1.82) is 0 Å². The lowest BCUT2D eigenvalue weighted by atomic mass is 10.2. The second-order valence-corrected chi connectivity index (χ2v) is 5.63. The molecule has 1 fully saturated rings. The number of thiocarbonyl (C=S) groups is 1. The first kappa shape index (κ1) is 15.4. The van der Waals surface area contributed by atoms with E-state index in [9.17, 15) is 4.79 Å². The highest BCUT2D eigenvalue weighted by Crippen LogP contribution is 2.18. The van der Waals surface area contributed by atoms with Crippen LogP contribution >= 0.6 is 12.2 Å². The first-order chi connectivity index (χ1) is 8.54. The molecular formula is C13H25N3OS. The van der Waals surface area contributed by atoms with Gasteiger partial charge in [0.25, 0.3) is 0 Å². The van der Waals surface area contributed by atoms with E-state index >= 15 is 0 Å². The Balaban J connectivity index is 2.48. The van der Waals surface area contributed by atoms with Crippen LogP contribution in [0.2, 0.25) is 0 Å². The van der Waals surface area contributed by atoms with Gasteiger partial charge in [-0.2, -0.15) is 0 Å². The summed E-state index contributed by atoms with van der Waals surface area (Å²) >= 11 is 4.94. The minimum atomic E-state index is -0.160. The van der Waals surface area contributed by atoms with Crippen LogP contribution in [0.15, 0.2) is 0 Å². The van der Waals surface area contributed by atoms with E-state index < -0.39 is 0 Å². The van der Waals surface area contributed by atoms with E-state index in [-0.39, 0.29) is 11.9 Å². The molecule has 0 heterocycles. The smallest absolute Gasteiger partial charge is 0.237 e. The molecule has 0 bridgehead atoms. The Morgan fingerprint density at radius 3 is 2.61 bits per heavy atom. The van der Waals surface area contributed by atoms with Gasteiger partial charge >= 0.3 is 0 Å². The highest BCUT2D eigenvalue weighted by Gasteiger charge is 2.24. The highest BCUT2D eigenvalue weighted by molar-refractivity contribution is 7.80. The second kappa shape index (κ2) is 7.69. The van der Waals surface area contributed by atoms with Gasteiger partial charge in [-0.1, -0.05) is 32.0 Å². The molecule has 0 aliphatic heterocycles. The molecule has 1 aliphatic rings. The van der Waals surface area contributed by atoms with E-state index in [0.717, 1.165) is 25.8 Å². The molecule has 1 saturated carbocycles. The van der Waals surface area contributed by atoms with Gasteiger partial charge in [-0.05, 0) is 32.7 Å². The molecule has 18 heavy (non-hydrogen) atoms. The predicted octanol–water partition coefficient (Wildman–Crippen LogP) is 1.43. The van der Waals surface area contributed by atoms with E-state index in [1.807, 2.05) is 11.8 Å². The molecule has 0 aromatic rings. The third-order valence-corrected chi connectivity index (χ3v) is 3.63. The molecule has 1 aliphatic carbocycles. The van der Waals surface area contributed by atoms with Gasteiger partial charge in [0.15, 0.2) is 0 Å². The summed E-state index contributed by atoms with van der Waals surface area (Å²) in [5, 5.41) is 3.13. The normalized spacial score (nSPS) is 17.9. The summed E-state index contributed by atoms with van der Waals surface area (Å²) in [6, 6.07) is 0.209. The topological polar surface area (TPSA) is 58.4 Å². The number of rotatable bonds is 7. The zero-order chi connectivity index (χ0) is 13.5. The summed E-state index contributed by atoms with van der Waals surface area (Å²) in [5.41, 5.74) is 5.58. The molecular weight excluding hydrogens is 246 g/mol. The number of nitrogens with two attached hydrogens (primary N) is 1. The number of nitrogens with zero attached hydrogens (tertiary/aromatic N) is 1. The lowest BCUT2D eigenvalue weighted by Gasteiger charge is -2.28. The van der Waals surface area contributed by atoms with Crippen molar-refractivity contribution < 1.29 is 4.79 Å². The number of carbonyl (C=O) groups is 1. The van der Waals surface area contributed by atoms with Crippen LogP contribution in [0.1, 0.15) is 46.0 Å². The van der Waals surface area contributed by atoms with Crippen LogP contribution in [0.25, 0.3) is 0 Å². The van der Waals surface area contributed by atoms with Crippen molar-refractivity contribution in [3.63, 3.8) is 0 Å². The molecule has 0 aromatic heterocycles. The maximum absolute atomic E-state index is 12.2. The molecule has 1 amide bonds. The average molecular weight is 271 g/mol. The molecule has 5 heteroatoms. The van der Waals surface area contributed by atoms with Crippen molar-refractivity contribution in [3.05, 3.63) is 0 Å². The number of carbonyl (C=O) groups excluding carboxylic acids is 1. The van der Waals surface area contributed by atoms with E-state index in [2.05, 4.69) is 12.2 Å². The monoisotopic (exact) mass is 271 g/mol. The van der Waals surface area contributed by atoms with Crippen molar-refractivity contribution >= 4 is 23.1 Å². The molecule has 1 rings (SSSR count). The van der Waals surface area contributed by atoms with Gasteiger partial charge in [-0.3, -0.25) is 9.69 Å². The van der Waals surface area contributed by atoms with Gasteiger partial charge in [0.2, 0.25) is 5.91 Å². The van der Waals surface area contributed by atoms with Crippen molar-refractivity contribution in [3.8, 4) is 0 Å². The van der Waals surface area contributed by atoms with Crippen LogP contribution in [0.5, 0.6) is 0 Å². The van der Waals surface area contributed by atoms with Gasteiger partial charge in [0.05, 0.1) is 11.0 Å². The quantitative estimate of drug-likeness (QED) is 0.688. The highest BCUT2D eigenvalue weighted by atomic mass is 32.1. The van der Waals surface area contributed by atoms with Crippen LogP contribution in [0.3, 0.4) is 0 Å². The number of hydrogen-bond acceptors (Lipinski definition) is 3. The lowest BCUT2D eigenvalue weighted by molar-refractivity contribution is -0.126. The lowest BCUT2D eigenvalue weighted by Crippen LogP contribution is -2.50. The van der Waals surface area contributed by atoms with Gasteiger partial charge in [0.1, 0.15) is 0 Å². The summed E-state index contributed by atoms with van der Waals surface area (Å²) in [7, 11) is 0. The summed E-state index contributed by atoms with van der Waals surface area (Å²) < 4.78 is 0. The van der Waals surface area contributed by atoms with Crippen molar-refractivity contribution in [2.24, 2.45) is 5.73 Å². The Morgan fingerprint density at radius 1 is 1.50 bits per heavy atom. The SMILES string of the molecule is CCCN(CC(N)=S)C(C)C(=O)NC1CCCC1. The van der Waals surface area contributed by atoms with Gasteiger partial charge < -0.3 is 11.1 Å². The Kier molecular flexibility index (Phi) is 6.57. The fourth-order valence-electron chi connectivity index (χ4n) is 2.45.